The lowest BCUT2D eigenvalue weighted by Crippen LogP contribution is -2.47. The summed E-state index contributed by atoms with van der Waals surface area (Å²) < 4.78 is 0. The summed E-state index contributed by atoms with van der Waals surface area (Å²) in [4.78, 5) is 17.6. The molecule has 2 aromatic rings. The van der Waals surface area contributed by atoms with Crippen molar-refractivity contribution in [3.8, 4) is 0 Å². The summed E-state index contributed by atoms with van der Waals surface area (Å²) in [5.41, 5.74) is 8.26. The largest absolute Gasteiger partial charge is 0.361 e. The summed E-state index contributed by atoms with van der Waals surface area (Å²) in [6, 6.07) is 7.52. The van der Waals surface area contributed by atoms with E-state index in [1.54, 1.807) is 0 Å². The van der Waals surface area contributed by atoms with Crippen LogP contribution >= 0.6 is 24.8 Å². The van der Waals surface area contributed by atoms with Gasteiger partial charge in [0.1, 0.15) is 0 Å². The molecule has 4 N–H and O–H groups in total. The van der Waals surface area contributed by atoms with E-state index in [4.69, 9.17) is 5.73 Å². The fourth-order valence-electron chi connectivity index (χ4n) is 3.00. The minimum absolute atomic E-state index is 0. The zero-order chi connectivity index (χ0) is 17.0. The molecule has 5 nitrogen and oxygen atoms in total. The number of carbonyl (C=O) groups excluding carboxylic acids is 1. The predicted molar refractivity (Wildman–Crippen MR) is 110 cm³/mol. The Morgan fingerprint density at radius 1 is 1.28 bits per heavy atom. The molecule has 0 aliphatic heterocycles. The molecule has 0 saturated carbocycles. The quantitative estimate of drug-likeness (QED) is 0.682. The van der Waals surface area contributed by atoms with Gasteiger partial charge in [-0.25, -0.2) is 0 Å². The van der Waals surface area contributed by atoms with Gasteiger partial charge in [-0.3, -0.25) is 4.79 Å². The van der Waals surface area contributed by atoms with Gasteiger partial charge in [0.2, 0.25) is 5.91 Å². The minimum atomic E-state index is -0.538. The topological polar surface area (TPSA) is 74.2 Å². The second kappa shape index (κ2) is 10.0. The van der Waals surface area contributed by atoms with E-state index in [-0.39, 0.29) is 36.1 Å². The van der Waals surface area contributed by atoms with Crippen molar-refractivity contribution in [2.24, 2.45) is 11.1 Å². The lowest BCUT2D eigenvalue weighted by Gasteiger charge is -2.29. The van der Waals surface area contributed by atoms with Crippen molar-refractivity contribution >= 4 is 41.6 Å². The highest BCUT2D eigenvalue weighted by molar-refractivity contribution is 5.86. The number of hydrogen-bond acceptors (Lipinski definition) is 3. The van der Waals surface area contributed by atoms with E-state index in [0.717, 1.165) is 23.0 Å². The van der Waals surface area contributed by atoms with Crippen LogP contribution in [0.25, 0.3) is 10.9 Å². The first-order valence-corrected chi connectivity index (χ1v) is 8.01. The van der Waals surface area contributed by atoms with Gasteiger partial charge >= 0.3 is 0 Å². The van der Waals surface area contributed by atoms with E-state index in [2.05, 4.69) is 29.0 Å². The molecule has 0 radical (unpaired) electrons. The maximum Gasteiger partial charge on any atom is 0.237 e. The van der Waals surface area contributed by atoms with Crippen LogP contribution in [0, 0.1) is 5.41 Å². The van der Waals surface area contributed by atoms with Gasteiger partial charge in [0, 0.05) is 30.2 Å². The first-order chi connectivity index (χ1) is 10.8. The van der Waals surface area contributed by atoms with Crippen molar-refractivity contribution < 1.29 is 4.79 Å². The summed E-state index contributed by atoms with van der Waals surface area (Å²) in [6.07, 6.45) is 2.47. The second-order valence-electron chi connectivity index (χ2n) is 7.29. The average molecular weight is 389 g/mol. The van der Waals surface area contributed by atoms with E-state index in [1.807, 2.05) is 44.6 Å². The average Bonchev–Trinajstić information content (AvgIpc) is 2.87. The zero-order valence-electron chi connectivity index (χ0n) is 15.3. The molecule has 0 fully saturated rings. The molecule has 0 spiro atoms. The SMILES string of the molecule is CN(C)CC(C)(C)CNC(=O)[C@@H](N)Cc1c[nH]c2ccccc12.Cl.Cl. The highest BCUT2D eigenvalue weighted by atomic mass is 35.5. The Balaban J connectivity index is 0.00000288. The number of halogens is 2. The third-order valence-corrected chi connectivity index (χ3v) is 3.94. The molecule has 142 valence electrons. The molecule has 7 heteroatoms. The Hall–Kier alpha value is -1.27. The Bertz CT molecular complexity index is 670. The van der Waals surface area contributed by atoms with Crippen LogP contribution in [0.2, 0.25) is 0 Å². The Labute approximate surface area is 162 Å². The number of nitrogens with one attached hydrogen (secondary N) is 2. The first-order valence-electron chi connectivity index (χ1n) is 8.01. The number of rotatable bonds is 7. The van der Waals surface area contributed by atoms with E-state index in [0.29, 0.717) is 13.0 Å². The monoisotopic (exact) mass is 388 g/mol. The molecule has 0 aliphatic carbocycles. The molecule has 0 unspecified atom stereocenters. The highest BCUT2D eigenvalue weighted by Gasteiger charge is 2.22. The number of aromatic amines is 1. The molecule has 0 saturated heterocycles. The van der Waals surface area contributed by atoms with E-state index in [1.165, 1.54) is 0 Å². The lowest BCUT2D eigenvalue weighted by atomic mass is 9.92. The number of hydrogen-bond donors (Lipinski definition) is 3. The second-order valence-corrected chi connectivity index (χ2v) is 7.29. The van der Waals surface area contributed by atoms with Crippen LogP contribution in [0.15, 0.2) is 30.5 Å². The maximum atomic E-state index is 12.3. The smallest absolute Gasteiger partial charge is 0.237 e. The minimum Gasteiger partial charge on any atom is -0.361 e. The molecule has 1 amide bonds. The third-order valence-electron chi connectivity index (χ3n) is 3.94. The van der Waals surface area contributed by atoms with Crippen LogP contribution in [0.4, 0.5) is 0 Å². The molecule has 1 atom stereocenters. The van der Waals surface area contributed by atoms with Crippen molar-refractivity contribution in [1.82, 2.24) is 15.2 Å². The number of fused-ring (bicyclic) bond motifs is 1. The molecule has 1 aromatic heterocycles. The van der Waals surface area contributed by atoms with Crippen LogP contribution < -0.4 is 11.1 Å². The van der Waals surface area contributed by atoms with Gasteiger partial charge in [0.05, 0.1) is 6.04 Å². The molecule has 0 bridgehead atoms. The maximum absolute atomic E-state index is 12.3. The number of amides is 1. The third kappa shape index (κ3) is 6.86. The highest BCUT2D eigenvalue weighted by Crippen LogP contribution is 2.19. The number of H-pyrrole nitrogens is 1. The Morgan fingerprint density at radius 2 is 1.92 bits per heavy atom. The van der Waals surface area contributed by atoms with Crippen molar-refractivity contribution in [3.05, 3.63) is 36.0 Å². The molecule has 1 heterocycles. The van der Waals surface area contributed by atoms with E-state index >= 15 is 0 Å². The fourth-order valence-corrected chi connectivity index (χ4v) is 3.00. The van der Waals surface area contributed by atoms with Crippen LogP contribution in [0.3, 0.4) is 0 Å². The Morgan fingerprint density at radius 3 is 2.56 bits per heavy atom. The van der Waals surface area contributed by atoms with Gasteiger partial charge in [0.15, 0.2) is 0 Å². The van der Waals surface area contributed by atoms with Crippen LogP contribution in [0.1, 0.15) is 19.4 Å². The van der Waals surface area contributed by atoms with E-state index in [9.17, 15) is 4.79 Å². The van der Waals surface area contributed by atoms with Crippen molar-refractivity contribution in [1.29, 1.82) is 0 Å². The van der Waals surface area contributed by atoms with Crippen LogP contribution in [-0.2, 0) is 11.2 Å². The molecule has 0 aliphatic rings. The van der Waals surface area contributed by atoms with Gasteiger partial charge in [-0.2, -0.15) is 0 Å². The van der Waals surface area contributed by atoms with Gasteiger partial charge in [-0.1, -0.05) is 32.0 Å². The van der Waals surface area contributed by atoms with E-state index < -0.39 is 6.04 Å². The Kier molecular flexibility index (Phi) is 9.51. The number of para-hydroxylation sites is 1. The fraction of sp³-hybridized carbons (Fsp3) is 0.500. The van der Waals surface area contributed by atoms with Crippen molar-refractivity contribution in [2.45, 2.75) is 26.3 Å². The summed E-state index contributed by atoms with van der Waals surface area (Å²) in [6.45, 7) is 5.80. The number of aromatic nitrogens is 1. The molecule has 2 rings (SSSR count). The summed E-state index contributed by atoms with van der Waals surface area (Å²) in [7, 11) is 4.07. The summed E-state index contributed by atoms with van der Waals surface area (Å²) in [5.74, 6) is -0.0953. The zero-order valence-corrected chi connectivity index (χ0v) is 17.0. The molecular formula is C18H30Cl2N4O. The van der Waals surface area contributed by atoms with Crippen molar-refractivity contribution in [2.75, 3.05) is 27.2 Å². The van der Waals surface area contributed by atoms with Crippen LogP contribution in [0.5, 0.6) is 0 Å². The van der Waals surface area contributed by atoms with Gasteiger partial charge in [-0.15, -0.1) is 24.8 Å². The molecule has 25 heavy (non-hydrogen) atoms. The molecule has 1 aromatic carbocycles. The normalized spacial score (nSPS) is 12.4. The van der Waals surface area contributed by atoms with Gasteiger partial charge in [-0.05, 0) is 37.6 Å². The van der Waals surface area contributed by atoms with Crippen LogP contribution in [-0.4, -0.2) is 49.0 Å². The van der Waals surface area contributed by atoms with Crippen molar-refractivity contribution in [3.63, 3.8) is 0 Å². The number of benzene rings is 1. The predicted octanol–water partition coefficient (Wildman–Crippen LogP) is 2.59. The lowest BCUT2D eigenvalue weighted by molar-refractivity contribution is -0.122. The van der Waals surface area contributed by atoms with Gasteiger partial charge in [0.25, 0.3) is 0 Å². The number of nitrogens with two attached hydrogens (primary N) is 1. The molecular weight excluding hydrogens is 359 g/mol. The van der Waals surface area contributed by atoms with Gasteiger partial charge < -0.3 is 20.9 Å². The summed E-state index contributed by atoms with van der Waals surface area (Å²) in [5, 5.41) is 4.12. The first kappa shape index (κ1) is 23.7. The number of carbonyl (C=O) groups is 1. The standard InChI is InChI=1S/C18H28N4O.2ClH/c1-18(2,12-22(3)4)11-21-17(23)15(19)9-13-10-20-16-8-6-5-7-14(13)16;;/h5-8,10,15,20H,9,11-12,19H2,1-4H3,(H,21,23);2*1H/t15-;;/m0../s1. The number of nitrogens with zero attached hydrogens (tertiary/aromatic N) is 1. The summed E-state index contributed by atoms with van der Waals surface area (Å²) >= 11 is 0.